The van der Waals surface area contributed by atoms with E-state index in [1.165, 1.54) is 12.8 Å². The Morgan fingerprint density at radius 2 is 1.82 bits per heavy atom. The van der Waals surface area contributed by atoms with E-state index in [-0.39, 0.29) is 5.91 Å². The van der Waals surface area contributed by atoms with Crippen molar-refractivity contribution in [3.05, 3.63) is 29.8 Å². The molecule has 1 amide bonds. The van der Waals surface area contributed by atoms with Crippen LogP contribution in [0.1, 0.15) is 23.2 Å². The Bertz CT molecular complexity index is 506. The fraction of sp³-hybridized carbons (Fsp3) is 0.588. The van der Waals surface area contributed by atoms with Crippen molar-refractivity contribution >= 4 is 11.6 Å². The topological polar surface area (TPSA) is 58.8 Å². The van der Waals surface area contributed by atoms with Crippen LogP contribution in [-0.2, 0) is 4.74 Å². The van der Waals surface area contributed by atoms with Crippen LogP contribution < -0.4 is 5.73 Å². The fourth-order valence-electron chi connectivity index (χ4n) is 3.29. The summed E-state index contributed by atoms with van der Waals surface area (Å²) in [7, 11) is 0. The number of carbonyl (C=O) groups is 1. The molecule has 2 saturated heterocycles. The lowest BCUT2D eigenvalue weighted by Crippen LogP contribution is -2.50. The average molecular weight is 303 g/mol. The molecule has 3 rings (SSSR count). The summed E-state index contributed by atoms with van der Waals surface area (Å²) in [6, 6.07) is 7.32. The highest BCUT2D eigenvalue weighted by molar-refractivity contribution is 5.99. The van der Waals surface area contributed by atoms with Crippen LogP contribution in [0.15, 0.2) is 24.3 Å². The lowest BCUT2D eigenvalue weighted by Gasteiger charge is -2.37. The van der Waals surface area contributed by atoms with Crippen molar-refractivity contribution in [3.8, 4) is 0 Å². The SMILES string of the molecule is Nc1ccccc1C(=O)N1CCN(CC2CCOCC2)CC1. The number of hydrogen-bond donors (Lipinski definition) is 1. The minimum absolute atomic E-state index is 0.0591. The second-order valence-electron chi connectivity index (χ2n) is 6.24. The van der Waals surface area contributed by atoms with E-state index in [0.717, 1.165) is 51.9 Å². The summed E-state index contributed by atoms with van der Waals surface area (Å²) < 4.78 is 5.41. The third-order valence-corrected chi connectivity index (χ3v) is 4.71. The maximum atomic E-state index is 12.5. The number of nitrogens with zero attached hydrogens (tertiary/aromatic N) is 2. The third-order valence-electron chi connectivity index (χ3n) is 4.71. The number of nitrogen functional groups attached to an aromatic ring is 1. The van der Waals surface area contributed by atoms with Gasteiger partial charge in [0.2, 0.25) is 0 Å². The molecule has 0 saturated carbocycles. The standard InChI is InChI=1S/C17H25N3O2/c18-16-4-2-1-3-15(16)17(21)20-9-7-19(8-10-20)13-14-5-11-22-12-6-14/h1-4,14H,5-13,18H2. The molecule has 0 bridgehead atoms. The quantitative estimate of drug-likeness (QED) is 0.859. The molecular formula is C17H25N3O2. The van der Waals surface area contributed by atoms with Gasteiger partial charge < -0.3 is 15.4 Å². The zero-order chi connectivity index (χ0) is 15.4. The molecule has 2 aliphatic rings. The van der Waals surface area contributed by atoms with Gasteiger partial charge in [0.1, 0.15) is 0 Å². The van der Waals surface area contributed by atoms with Crippen molar-refractivity contribution in [1.29, 1.82) is 0 Å². The van der Waals surface area contributed by atoms with Crippen molar-refractivity contribution in [3.63, 3.8) is 0 Å². The van der Waals surface area contributed by atoms with Crippen molar-refractivity contribution in [2.45, 2.75) is 12.8 Å². The largest absolute Gasteiger partial charge is 0.398 e. The van der Waals surface area contributed by atoms with Crippen LogP contribution in [0.2, 0.25) is 0 Å². The van der Waals surface area contributed by atoms with Crippen molar-refractivity contribution in [1.82, 2.24) is 9.80 Å². The number of carbonyl (C=O) groups excluding carboxylic acids is 1. The van der Waals surface area contributed by atoms with Gasteiger partial charge >= 0.3 is 0 Å². The number of rotatable bonds is 3. The van der Waals surface area contributed by atoms with Crippen molar-refractivity contribution in [2.24, 2.45) is 5.92 Å². The third kappa shape index (κ3) is 3.59. The van der Waals surface area contributed by atoms with E-state index in [2.05, 4.69) is 4.90 Å². The van der Waals surface area contributed by atoms with E-state index in [9.17, 15) is 4.79 Å². The number of para-hydroxylation sites is 1. The number of hydrogen-bond acceptors (Lipinski definition) is 4. The zero-order valence-electron chi connectivity index (χ0n) is 13.0. The summed E-state index contributed by atoms with van der Waals surface area (Å²) in [6.45, 7) is 6.42. The second kappa shape index (κ2) is 7.11. The van der Waals surface area contributed by atoms with Crippen LogP contribution in [0.4, 0.5) is 5.69 Å². The Morgan fingerprint density at radius 1 is 1.14 bits per heavy atom. The molecule has 0 unspecified atom stereocenters. The number of piperazine rings is 1. The van der Waals surface area contributed by atoms with Gasteiger partial charge in [-0.25, -0.2) is 0 Å². The predicted octanol–water partition coefficient (Wildman–Crippen LogP) is 1.45. The van der Waals surface area contributed by atoms with Gasteiger partial charge in [0.05, 0.1) is 5.56 Å². The Balaban J connectivity index is 1.51. The van der Waals surface area contributed by atoms with Gasteiger partial charge in [-0.05, 0) is 30.9 Å². The highest BCUT2D eigenvalue weighted by Crippen LogP contribution is 2.18. The molecule has 120 valence electrons. The fourth-order valence-corrected chi connectivity index (χ4v) is 3.29. The molecule has 5 nitrogen and oxygen atoms in total. The Kier molecular flexibility index (Phi) is 4.95. The number of ether oxygens (including phenoxy) is 1. The van der Waals surface area contributed by atoms with Gasteiger partial charge in [-0.1, -0.05) is 12.1 Å². The molecule has 0 atom stereocenters. The number of anilines is 1. The van der Waals surface area contributed by atoms with E-state index >= 15 is 0 Å². The molecule has 0 aliphatic carbocycles. The maximum Gasteiger partial charge on any atom is 0.256 e. The van der Waals surface area contributed by atoms with E-state index in [1.807, 2.05) is 23.1 Å². The van der Waals surface area contributed by atoms with Gasteiger partial charge in [-0.15, -0.1) is 0 Å². The monoisotopic (exact) mass is 303 g/mol. The van der Waals surface area contributed by atoms with E-state index in [0.29, 0.717) is 11.3 Å². The van der Waals surface area contributed by atoms with E-state index < -0.39 is 0 Å². The highest BCUT2D eigenvalue weighted by atomic mass is 16.5. The summed E-state index contributed by atoms with van der Waals surface area (Å²) in [5, 5.41) is 0. The second-order valence-corrected chi connectivity index (χ2v) is 6.24. The van der Waals surface area contributed by atoms with Crippen LogP contribution in [0, 0.1) is 5.92 Å². The molecule has 0 aromatic heterocycles. The predicted molar refractivity (Wildman–Crippen MR) is 86.7 cm³/mol. The first-order chi connectivity index (χ1) is 10.7. The zero-order valence-corrected chi connectivity index (χ0v) is 13.0. The number of benzene rings is 1. The average Bonchev–Trinajstić information content (AvgIpc) is 2.56. The molecule has 5 heteroatoms. The van der Waals surface area contributed by atoms with E-state index in [4.69, 9.17) is 10.5 Å². The first kappa shape index (κ1) is 15.3. The Morgan fingerprint density at radius 3 is 2.50 bits per heavy atom. The van der Waals surface area contributed by atoms with Gasteiger partial charge in [-0.2, -0.15) is 0 Å². The van der Waals surface area contributed by atoms with E-state index in [1.54, 1.807) is 6.07 Å². The number of nitrogens with two attached hydrogens (primary N) is 1. The molecule has 22 heavy (non-hydrogen) atoms. The van der Waals surface area contributed by atoms with Crippen LogP contribution >= 0.6 is 0 Å². The van der Waals surface area contributed by atoms with Crippen LogP contribution in [0.5, 0.6) is 0 Å². The summed E-state index contributed by atoms with van der Waals surface area (Å²) >= 11 is 0. The summed E-state index contributed by atoms with van der Waals surface area (Å²) in [4.78, 5) is 16.9. The lowest BCUT2D eigenvalue weighted by molar-refractivity contribution is 0.0393. The first-order valence-corrected chi connectivity index (χ1v) is 8.18. The summed E-state index contributed by atoms with van der Waals surface area (Å²) in [5.74, 6) is 0.810. The minimum Gasteiger partial charge on any atom is -0.398 e. The summed E-state index contributed by atoms with van der Waals surface area (Å²) in [5.41, 5.74) is 7.10. The van der Waals surface area contributed by atoms with Crippen molar-refractivity contribution in [2.75, 3.05) is 51.7 Å². The molecule has 1 aromatic rings. The molecule has 1 aromatic carbocycles. The highest BCUT2D eigenvalue weighted by Gasteiger charge is 2.25. The smallest absolute Gasteiger partial charge is 0.256 e. The molecule has 2 aliphatic heterocycles. The van der Waals surface area contributed by atoms with Gasteiger partial charge in [0.15, 0.2) is 0 Å². The Hall–Kier alpha value is -1.59. The normalized spacial score (nSPS) is 21.0. The maximum absolute atomic E-state index is 12.5. The molecular weight excluding hydrogens is 278 g/mol. The first-order valence-electron chi connectivity index (χ1n) is 8.18. The minimum atomic E-state index is 0.0591. The van der Waals surface area contributed by atoms with Gasteiger partial charge in [0, 0.05) is 51.6 Å². The van der Waals surface area contributed by atoms with Crippen LogP contribution in [0.3, 0.4) is 0 Å². The van der Waals surface area contributed by atoms with Crippen LogP contribution in [0.25, 0.3) is 0 Å². The Labute approximate surface area is 132 Å². The molecule has 2 N–H and O–H groups in total. The van der Waals surface area contributed by atoms with Crippen LogP contribution in [-0.4, -0.2) is 61.6 Å². The molecule has 2 heterocycles. The molecule has 2 fully saturated rings. The van der Waals surface area contributed by atoms with Gasteiger partial charge in [0.25, 0.3) is 5.91 Å². The molecule has 0 radical (unpaired) electrons. The van der Waals surface area contributed by atoms with Crippen molar-refractivity contribution < 1.29 is 9.53 Å². The molecule has 0 spiro atoms. The number of amides is 1. The van der Waals surface area contributed by atoms with Gasteiger partial charge in [-0.3, -0.25) is 9.69 Å². The lowest BCUT2D eigenvalue weighted by atomic mass is 9.99. The summed E-state index contributed by atoms with van der Waals surface area (Å²) in [6.07, 6.45) is 2.33.